The summed E-state index contributed by atoms with van der Waals surface area (Å²) in [5.41, 5.74) is 0.331. The van der Waals surface area contributed by atoms with Crippen LogP contribution in [0.1, 0.15) is 16.3 Å². The summed E-state index contributed by atoms with van der Waals surface area (Å²) >= 11 is 11.4. The molecule has 2 aromatic heterocycles. The Morgan fingerprint density at radius 2 is 2.29 bits per heavy atom. The normalized spacial score (nSPS) is 10.5. The molecule has 6 nitrogen and oxygen atoms in total. The molecule has 0 bridgehead atoms. The summed E-state index contributed by atoms with van der Waals surface area (Å²) in [5.74, 6) is 0.450. The average Bonchev–Trinajstić information content (AvgIpc) is 2.90. The number of aromatic amines is 2. The average molecular weight is 274 g/mol. The third kappa shape index (κ3) is 2.98. The van der Waals surface area contributed by atoms with Crippen molar-refractivity contribution in [2.24, 2.45) is 0 Å². The number of nitrogens with one attached hydrogen (secondary N) is 3. The molecule has 8 heteroatoms. The largest absolute Gasteiger partial charge is 0.350 e. The summed E-state index contributed by atoms with van der Waals surface area (Å²) in [4.78, 5) is 18.2. The first-order valence-electron chi connectivity index (χ1n) is 4.83. The minimum Gasteiger partial charge on any atom is -0.350 e. The van der Waals surface area contributed by atoms with Crippen LogP contribution in [-0.2, 0) is 6.42 Å². The zero-order chi connectivity index (χ0) is 12.3. The van der Waals surface area contributed by atoms with Crippen LogP contribution in [0.25, 0.3) is 0 Å². The van der Waals surface area contributed by atoms with E-state index < -0.39 is 0 Å². The van der Waals surface area contributed by atoms with Gasteiger partial charge in [0.1, 0.15) is 23.0 Å². The van der Waals surface area contributed by atoms with Crippen LogP contribution in [0, 0.1) is 0 Å². The Hall–Kier alpha value is -1.53. The second-order valence-corrected chi connectivity index (χ2v) is 4.07. The fraction of sp³-hybridized carbons (Fsp3) is 0.222. The number of aromatic nitrogens is 4. The quantitative estimate of drug-likeness (QED) is 0.787. The van der Waals surface area contributed by atoms with E-state index in [4.69, 9.17) is 23.2 Å². The molecule has 0 radical (unpaired) electrons. The van der Waals surface area contributed by atoms with Crippen molar-refractivity contribution >= 4 is 29.1 Å². The van der Waals surface area contributed by atoms with Gasteiger partial charge in [-0.05, 0) is 6.07 Å². The van der Waals surface area contributed by atoms with E-state index in [0.717, 1.165) is 0 Å². The molecule has 0 saturated carbocycles. The lowest BCUT2D eigenvalue weighted by atomic mass is 10.3. The van der Waals surface area contributed by atoms with E-state index in [2.05, 4.69) is 25.5 Å². The highest BCUT2D eigenvalue weighted by atomic mass is 35.5. The molecule has 0 aliphatic rings. The van der Waals surface area contributed by atoms with Crippen molar-refractivity contribution in [3.63, 3.8) is 0 Å². The number of hydrogen-bond acceptors (Lipinski definition) is 3. The number of halogens is 2. The minimum absolute atomic E-state index is 0.257. The van der Waals surface area contributed by atoms with Gasteiger partial charge in [-0.15, -0.1) is 0 Å². The highest BCUT2D eigenvalue weighted by Crippen LogP contribution is 2.21. The Morgan fingerprint density at radius 3 is 2.88 bits per heavy atom. The number of amides is 1. The topological polar surface area (TPSA) is 86.5 Å². The fourth-order valence-corrected chi connectivity index (χ4v) is 1.58. The van der Waals surface area contributed by atoms with Gasteiger partial charge in [-0.1, -0.05) is 23.2 Å². The molecule has 1 amide bonds. The maximum absolute atomic E-state index is 11.6. The van der Waals surface area contributed by atoms with Crippen molar-refractivity contribution in [3.8, 4) is 0 Å². The number of nitrogens with zero attached hydrogens (tertiary/aromatic N) is 2. The van der Waals surface area contributed by atoms with Gasteiger partial charge in [-0.2, -0.15) is 5.10 Å². The van der Waals surface area contributed by atoms with Crippen LogP contribution in [0.4, 0.5) is 0 Å². The lowest BCUT2D eigenvalue weighted by Crippen LogP contribution is -2.26. The molecule has 0 atom stereocenters. The van der Waals surface area contributed by atoms with Crippen molar-refractivity contribution in [3.05, 3.63) is 34.1 Å². The second-order valence-electron chi connectivity index (χ2n) is 3.28. The number of H-pyrrole nitrogens is 2. The van der Waals surface area contributed by atoms with Crippen molar-refractivity contribution in [2.45, 2.75) is 6.42 Å². The van der Waals surface area contributed by atoms with Gasteiger partial charge in [0.25, 0.3) is 5.91 Å². The summed E-state index contributed by atoms with van der Waals surface area (Å²) < 4.78 is 0. The molecule has 17 heavy (non-hydrogen) atoms. The first-order valence-corrected chi connectivity index (χ1v) is 5.59. The van der Waals surface area contributed by atoms with Crippen molar-refractivity contribution < 1.29 is 4.79 Å². The fourth-order valence-electron chi connectivity index (χ4n) is 1.27. The van der Waals surface area contributed by atoms with Gasteiger partial charge in [-0.3, -0.25) is 9.89 Å². The smallest absolute Gasteiger partial charge is 0.267 e. The Bertz CT molecular complexity index is 488. The van der Waals surface area contributed by atoms with Gasteiger partial charge >= 0.3 is 0 Å². The van der Waals surface area contributed by atoms with Crippen molar-refractivity contribution in [1.29, 1.82) is 0 Å². The van der Waals surface area contributed by atoms with Gasteiger partial charge in [0.2, 0.25) is 0 Å². The van der Waals surface area contributed by atoms with Crippen LogP contribution in [0.5, 0.6) is 0 Å². The maximum Gasteiger partial charge on any atom is 0.267 e. The van der Waals surface area contributed by atoms with E-state index in [1.807, 2.05) is 0 Å². The minimum atomic E-state index is -0.265. The van der Waals surface area contributed by atoms with E-state index >= 15 is 0 Å². The molecular formula is C9H9Cl2N5O. The van der Waals surface area contributed by atoms with Gasteiger partial charge < -0.3 is 10.3 Å². The first-order chi connectivity index (χ1) is 8.16. The van der Waals surface area contributed by atoms with E-state index in [1.54, 1.807) is 0 Å². The number of carbonyl (C=O) groups is 1. The van der Waals surface area contributed by atoms with Crippen molar-refractivity contribution in [1.82, 2.24) is 25.5 Å². The van der Waals surface area contributed by atoms with Crippen LogP contribution >= 0.6 is 23.2 Å². The van der Waals surface area contributed by atoms with Crippen LogP contribution in [0.15, 0.2) is 12.4 Å². The Labute approximate surface area is 107 Å². The molecule has 0 saturated heterocycles. The summed E-state index contributed by atoms with van der Waals surface area (Å²) in [6.07, 6.45) is 2.00. The maximum atomic E-state index is 11.6. The van der Waals surface area contributed by atoms with Crippen LogP contribution in [-0.4, -0.2) is 32.6 Å². The summed E-state index contributed by atoms with van der Waals surface area (Å²) in [7, 11) is 0. The van der Waals surface area contributed by atoms with E-state index in [0.29, 0.717) is 29.5 Å². The van der Waals surface area contributed by atoms with E-state index in [-0.39, 0.29) is 11.1 Å². The molecule has 0 aliphatic carbocycles. The molecule has 0 unspecified atom stereocenters. The molecule has 0 aliphatic heterocycles. The highest BCUT2D eigenvalue weighted by Gasteiger charge is 2.10. The third-order valence-corrected chi connectivity index (χ3v) is 2.77. The number of rotatable bonds is 4. The lowest BCUT2D eigenvalue weighted by Gasteiger charge is -2.01. The zero-order valence-electron chi connectivity index (χ0n) is 8.63. The second kappa shape index (κ2) is 5.20. The SMILES string of the molecule is O=C(NCCc1ncn[nH]1)c1cc(Cl)c(Cl)[nH]1. The van der Waals surface area contributed by atoms with E-state index in [1.165, 1.54) is 12.4 Å². The molecular weight excluding hydrogens is 265 g/mol. The predicted molar refractivity (Wildman–Crippen MR) is 63.2 cm³/mol. The summed E-state index contributed by atoms with van der Waals surface area (Å²) in [5, 5.41) is 9.69. The van der Waals surface area contributed by atoms with Gasteiger partial charge in [0.05, 0.1) is 5.02 Å². The molecule has 90 valence electrons. The number of carbonyl (C=O) groups excluding carboxylic acids is 1. The monoisotopic (exact) mass is 273 g/mol. The molecule has 2 rings (SSSR count). The first kappa shape index (κ1) is 11.9. The van der Waals surface area contributed by atoms with Gasteiger partial charge in [0, 0.05) is 13.0 Å². The lowest BCUT2D eigenvalue weighted by molar-refractivity contribution is 0.0949. The number of hydrogen-bond donors (Lipinski definition) is 3. The molecule has 0 aromatic carbocycles. The van der Waals surface area contributed by atoms with Crippen LogP contribution < -0.4 is 5.32 Å². The van der Waals surface area contributed by atoms with Crippen LogP contribution in [0.3, 0.4) is 0 Å². The predicted octanol–water partition coefficient (Wildman–Crippen LogP) is 1.41. The Balaban J connectivity index is 1.85. The Kier molecular flexibility index (Phi) is 3.65. The summed E-state index contributed by atoms with van der Waals surface area (Å²) in [6.45, 7) is 0.447. The van der Waals surface area contributed by atoms with Crippen LogP contribution in [0.2, 0.25) is 10.2 Å². The highest BCUT2D eigenvalue weighted by molar-refractivity contribution is 6.41. The molecule has 3 N–H and O–H groups in total. The molecule has 0 fully saturated rings. The molecule has 2 heterocycles. The van der Waals surface area contributed by atoms with Gasteiger partial charge in [0.15, 0.2) is 0 Å². The third-order valence-electron chi connectivity index (χ3n) is 2.08. The molecule has 0 spiro atoms. The Morgan fingerprint density at radius 1 is 1.47 bits per heavy atom. The molecule has 2 aromatic rings. The van der Waals surface area contributed by atoms with Gasteiger partial charge in [-0.25, -0.2) is 4.98 Å². The standard InChI is InChI=1S/C9H9Cl2N5O/c10-5-3-6(15-8(5)11)9(17)12-2-1-7-13-4-14-16-7/h3-4,15H,1-2H2,(H,12,17)(H,13,14,16). The van der Waals surface area contributed by atoms with Crippen molar-refractivity contribution in [2.75, 3.05) is 6.54 Å². The summed E-state index contributed by atoms with van der Waals surface area (Å²) in [6, 6.07) is 1.48. The van der Waals surface area contributed by atoms with E-state index in [9.17, 15) is 4.79 Å². The zero-order valence-corrected chi connectivity index (χ0v) is 10.1.